The molecule has 2 rings (SSSR count). The maximum Gasteiger partial charge on any atom is 0.432 e. The second-order valence-electron chi connectivity index (χ2n) is 4.97. The van der Waals surface area contributed by atoms with Gasteiger partial charge in [0.15, 0.2) is 4.98 Å². The van der Waals surface area contributed by atoms with E-state index in [-0.39, 0.29) is 17.3 Å². The Labute approximate surface area is 146 Å². The Hall–Kier alpha value is -3.27. The molecule has 0 saturated carbocycles. The maximum atomic E-state index is 12.5. The van der Waals surface area contributed by atoms with Crippen molar-refractivity contribution in [1.29, 1.82) is 5.39 Å². The Kier molecular flexibility index (Phi) is 6.18. The van der Waals surface area contributed by atoms with Crippen molar-refractivity contribution in [2.45, 2.75) is 13.8 Å². The van der Waals surface area contributed by atoms with Crippen LogP contribution in [0.4, 0.5) is 11.4 Å². The lowest BCUT2D eigenvalue weighted by Crippen LogP contribution is -2.13. The minimum atomic E-state index is -0.332. The molecular weight excluding hydrogens is 322 g/mol. The highest BCUT2D eigenvalue weighted by Crippen LogP contribution is 2.40. The first kappa shape index (κ1) is 18.1. The van der Waals surface area contributed by atoms with Crippen molar-refractivity contribution in [2.24, 2.45) is 0 Å². The number of hydrogen-bond acceptors (Lipinski definition) is 5. The first-order valence-corrected chi connectivity index (χ1v) is 7.87. The van der Waals surface area contributed by atoms with Gasteiger partial charge in [0, 0.05) is 11.6 Å². The molecule has 0 saturated heterocycles. The molecule has 1 amide bonds. The number of ether oxygens (including phenoxy) is 3. The second-order valence-corrected chi connectivity index (χ2v) is 4.97. The number of carbonyl (C=O) groups excluding carboxylic acids is 1. The molecule has 1 N–H and O–H groups in total. The van der Waals surface area contributed by atoms with Crippen LogP contribution in [0.15, 0.2) is 36.4 Å². The van der Waals surface area contributed by atoms with Gasteiger partial charge < -0.3 is 19.5 Å². The highest BCUT2D eigenvalue weighted by molar-refractivity contribution is 6.05. The molecule has 130 valence electrons. The van der Waals surface area contributed by atoms with E-state index in [0.29, 0.717) is 36.0 Å². The van der Waals surface area contributed by atoms with Gasteiger partial charge in [-0.15, -0.1) is 0 Å². The van der Waals surface area contributed by atoms with E-state index >= 15 is 0 Å². The Bertz CT molecular complexity index is 782. The van der Waals surface area contributed by atoms with E-state index in [1.54, 1.807) is 44.4 Å². The van der Waals surface area contributed by atoms with E-state index in [9.17, 15) is 10.2 Å². The molecule has 0 aromatic heterocycles. The third-order valence-electron chi connectivity index (χ3n) is 3.35. The van der Waals surface area contributed by atoms with Crippen LogP contribution in [0.2, 0.25) is 0 Å². The van der Waals surface area contributed by atoms with Crippen LogP contribution in [0, 0.1) is 5.39 Å². The van der Waals surface area contributed by atoms with Crippen LogP contribution in [-0.4, -0.2) is 26.2 Å². The second kappa shape index (κ2) is 8.55. The fourth-order valence-electron chi connectivity index (χ4n) is 2.24. The van der Waals surface area contributed by atoms with E-state index in [4.69, 9.17) is 14.2 Å². The average molecular weight is 342 g/mol. The molecule has 2 aromatic carbocycles. The van der Waals surface area contributed by atoms with Crippen molar-refractivity contribution in [3.05, 3.63) is 46.9 Å². The molecule has 7 heteroatoms. The molecule has 0 atom stereocenters. The van der Waals surface area contributed by atoms with E-state index < -0.39 is 0 Å². The predicted molar refractivity (Wildman–Crippen MR) is 94.5 cm³/mol. The molecule has 0 radical (unpaired) electrons. The number of nitrogens with one attached hydrogen (secondary N) is 1. The topological polar surface area (TPSA) is 84.9 Å². The fourth-order valence-corrected chi connectivity index (χ4v) is 2.24. The molecular formula is C18H20N3O4+. The summed E-state index contributed by atoms with van der Waals surface area (Å²) in [7, 11) is 1.56. The highest BCUT2D eigenvalue weighted by Gasteiger charge is 2.24. The van der Waals surface area contributed by atoms with Gasteiger partial charge in [0.25, 0.3) is 5.91 Å². The van der Waals surface area contributed by atoms with Gasteiger partial charge in [0.1, 0.15) is 11.5 Å². The quantitative estimate of drug-likeness (QED) is 0.761. The van der Waals surface area contributed by atoms with Gasteiger partial charge in [-0.2, -0.15) is 0 Å². The van der Waals surface area contributed by atoms with Crippen molar-refractivity contribution in [2.75, 3.05) is 25.6 Å². The maximum absolute atomic E-state index is 12.5. The van der Waals surface area contributed by atoms with Crippen molar-refractivity contribution < 1.29 is 19.0 Å². The summed E-state index contributed by atoms with van der Waals surface area (Å²) in [5.41, 5.74) is 0.992. The molecule has 0 bridgehead atoms. The third-order valence-corrected chi connectivity index (χ3v) is 3.35. The number of rotatable bonds is 7. The Morgan fingerprint density at radius 2 is 1.76 bits per heavy atom. The van der Waals surface area contributed by atoms with Crippen molar-refractivity contribution in [1.82, 2.24) is 0 Å². The lowest BCUT2D eigenvalue weighted by atomic mass is 10.2. The number of benzene rings is 2. The van der Waals surface area contributed by atoms with Gasteiger partial charge in [-0.25, -0.2) is 0 Å². The van der Waals surface area contributed by atoms with Gasteiger partial charge in [-0.05, 0) is 38.1 Å². The highest BCUT2D eigenvalue weighted by atomic mass is 16.5. The molecule has 2 aromatic rings. The molecule has 0 fully saturated rings. The Morgan fingerprint density at radius 3 is 2.32 bits per heavy atom. The fraction of sp³-hybridized carbons (Fsp3) is 0.278. The monoisotopic (exact) mass is 342 g/mol. The molecule has 0 spiro atoms. The van der Waals surface area contributed by atoms with Crippen LogP contribution < -0.4 is 19.5 Å². The Balaban J connectivity index is 2.36. The summed E-state index contributed by atoms with van der Waals surface area (Å²) in [6, 6.07) is 9.87. The SMILES string of the molecule is CCOc1cc([N+]#N)c(OCC)c(NC(=O)c2ccc(OC)cc2)c1. The standard InChI is InChI=1S/C18H19N3O4/c1-4-24-14-10-15(17(25-5-2)16(11-14)21-19)20-18(22)12-6-8-13(23-3)9-7-12/h6-11H,4-5H2,1-3H3/p+1. The molecule has 0 aliphatic heterocycles. The van der Waals surface area contributed by atoms with Gasteiger partial charge in [-0.1, -0.05) is 0 Å². The summed E-state index contributed by atoms with van der Waals surface area (Å²) in [5.74, 6) is 1.06. The van der Waals surface area contributed by atoms with E-state index in [1.807, 2.05) is 6.92 Å². The van der Waals surface area contributed by atoms with Crippen LogP contribution in [0.3, 0.4) is 0 Å². The molecule has 0 heterocycles. The summed E-state index contributed by atoms with van der Waals surface area (Å²) in [4.78, 5) is 15.7. The van der Waals surface area contributed by atoms with Crippen LogP contribution in [-0.2, 0) is 0 Å². The minimum absolute atomic E-state index is 0.179. The lowest BCUT2D eigenvalue weighted by molar-refractivity contribution is 0.102. The molecule has 0 aliphatic rings. The van der Waals surface area contributed by atoms with Crippen LogP contribution in [0.1, 0.15) is 24.2 Å². The molecule has 7 nitrogen and oxygen atoms in total. The number of hydrogen-bond donors (Lipinski definition) is 1. The first-order chi connectivity index (χ1) is 12.1. The van der Waals surface area contributed by atoms with Gasteiger partial charge in [0.2, 0.25) is 11.1 Å². The third kappa shape index (κ3) is 4.38. The average Bonchev–Trinajstić information content (AvgIpc) is 2.63. The zero-order valence-electron chi connectivity index (χ0n) is 14.4. The van der Waals surface area contributed by atoms with E-state index in [1.165, 1.54) is 6.07 Å². The molecule has 0 aliphatic carbocycles. The van der Waals surface area contributed by atoms with Crippen LogP contribution in [0.25, 0.3) is 4.98 Å². The largest absolute Gasteiger partial charge is 0.497 e. The minimum Gasteiger partial charge on any atom is -0.497 e. The van der Waals surface area contributed by atoms with Gasteiger partial charge >= 0.3 is 5.69 Å². The van der Waals surface area contributed by atoms with Crippen molar-refractivity contribution in [3.8, 4) is 17.2 Å². The van der Waals surface area contributed by atoms with Crippen molar-refractivity contribution in [3.63, 3.8) is 0 Å². The summed E-state index contributed by atoms with van der Waals surface area (Å²) in [6.45, 7) is 4.42. The van der Waals surface area contributed by atoms with Gasteiger partial charge in [-0.3, -0.25) is 4.79 Å². The number of diazo groups is 1. The predicted octanol–water partition coefficient (Wildman–Crippen LogP) is 4.23. The first-order valence-electron chi connectivity index (χ1n) is 7.87. The summed E-state index contributed by atoms with van der Waals surface area (Å²) < 4.78 is 16.0. The van der Waals surface area contributed by atoms with E-state index in [0.717, 1.165) is 0 Å². The lowest BCUT2D eigenvalue weighted by Gasteiger charge is -2.12. The number of nitrogens with zero attached hydrogens (tertiary/aromatic N) is 2. The number of amides is 1. The van der Waals surface area contributed by atoms with Crippen LogP contribution in [0.5, 0.6) is 17.2 Å². The summed E-state index contributed by atoms with van der Waals surface area (Å²) >= 11 is 0. The summed E-state index contributed by atoms with van der Waals surface area (Å²) in [6.07, 6.45) is 0. The zero-order valence-corrected chi connectivity index (χ0v) is 14.4. The zero-order chi connectivity index (χ0) is 18.2. The van der Waals surface area contributed by atoms with Crippen LogP contribution >= 0.6 is 0 Å². The molecule has 0 unspecified atom stereocenters. The Morgan fingerprint density at radius 1 is 1.08 bits per heavy atom. The smallest absolute Gasteiger partial charge is 0.432 e. The summed E-state index contributed by atoms with van der Waals surface area (Å²) in [5, 5.41) is 12.0. The van der Waals surface area contributed by atoms with Gasteiger partial charge in [0.05, 0.1) is 32.1 Å². The van der Waals surface area contributed by atoms with Crippen molar-refractivity contribution >= 4 is 17.3 Å². The number of methoxy groups -OCH3 is 1. The molecule has 25 heavy (non-hydrogen) atoms. The van der Waals surface area contributed by atoms with E-state index in [2.05, 4.69) is 10.3 Å². The number of anilines is 1. The normalized spacial score (nSPS) is 9.84. The number of carbonyl (C=O) groups is 1.